The fraction of sp³-hybridized carbons (Fsp3) is 0.533. The lowest BCUT2D eigenvalue weighted by molar-refractivity contribution is 0.185. The number of hydrogen-bond acceptors (Lipinski definition) is 3. The van der Waals surface area contributed by atoms with Gasteiger partial charge in [0.1, 0.15) is 0 Å². The number of urea groups is 1. The molecule has 0 unspecified atom stereocenters. The van der Waals surface area contributed by atoms with Crippen molar-refractivity contribution in [1.29, 1.82) is 0 Å². The number of aliphatic hydroxyl groups is 1. The SMILES string of the molecule is C[C@@H](O)CNC(=O)N[C@@H]1CCN(C)[C@@H]1c1ccc(Cl)cc1. The molecule has 0 bridgehead atoms. The van der Waals surface area contributed by atoms with Gasteiger partial charge < -0.3 is 15.7 Å². The Balaban J connectivity index is 2.01. The zero-order chi connectivity index (χ0) is 15.4. The number of carbonyl (C=O) groups excluding carboxylic acids is 1. The average Bonchev–Trinajstić information content (AvgIpc) is 2.79. The number of rotatable bonds is 4. The summed E-state index contributed by atoms with van der Waals surface area (Å²) in [6.45, 7) is 2.81. The molecule has 1 saturated heterocycles. The van der Waals surface area contributed by atoms with Crippen LogP contribution in [0, 0.1) is 0 Å². The molecule has 0 radical (unpaired) electrons. The third kappa shape index (κ3) is 4.33. The first-order chi connectivity index (χ1) is 9.97. The number of nitrogens with zero attached hydrogens (tertiary/aromatic N) is 1. The Morgan fingerprint density at radius 3 is 2.76 bits per heavy atom. The highest BCUT2D eigenvalue weighted by atomic mass is 35.5. The number of halogens is 1. The maximum Gasteiger partial charge on any atom is 0.315 e. The van der Waals surface area contributed by atoms with Crippen LogP contribution in [-0.4, -0.2) is 48.3 Å². The normalized spacial score (nSPS) is 23.8. The highest BCUT2D eigenvalue weighted by Gasteiger charge is 2.33. The van der Waals surface area contributed by atoms with Gasteiger partial charge in [0.05, 0.1) is 18.2 Å². The van der Waals surface area contributed by atoms with Crippen LogP contribution in [0.1, 0.15) is 24.9 Å². The van der Waals surface area contributed by atoms with E-state index in [0.29, 0.717) is 5.02 Å². The first-order valence-electron chi connectivity index (χ1n) is 7.15. The molecule has 21 heavy (non-hydrogen) atoms. The van der Waals surface area contributed by atoms with Gasteiger partial charge in [0.25, 0.3) is 0 Å². The Hall–Kier alpha value is -1.30. The van der Waals surface area contributed by atoms with Crippen molar-refractivity contribution in [3.05, 3.63) is 34.9 Å². The van der Waals surface area contributed by atoms with Crippen LogP contribution in [0.4, 0.5) is 4.79 Å². The molecule has 1 fully saturated rings. The number of benzene rings is 1. The van der Waals surface area contributed by atoms with E-state index in [2.05, 4.69) is 22.6 Å². The number of likely N-dealkylation sites (N-methyl/N-ethyl adjacent to an activating group) is 1. The van der Waals surface area contributed by atoms with E-state index in [9.17, 15) is 9.90 Å². The number of likely N-dealkylation sites (tertiary alicyclic amines) is 1. The van der Waals surface area contributed by atoms with Crippen LogP contribution in [0.2, 0.25) is 5.02 Å². The molecule has 1 aliphatic rings. The van der Waals surface area contributed by atoms with Crippen molar-refractivity contribution in [2.45, 2.75) is 31.5 Å². The second kappa shape index (κ2) is 7.11. The summed E-state index contributed by atoms with van der Waals surface area (Å²) in [4.78, 5) is 14.1. The molecule has 116 valence electrons. The molecule has 0 aliphatic carbocycles. The van der Waals surface area contributed by atoms with Crippen molar-refractivity contribution in [2.24, 2.45) is 0 Å². The second-order valence-corrected chi connectivity index (χ2v) is 6.01. The Morgan fingerprint density at radius 1 is 1.48 bits per heavy atom. The van der Waals surface area contributed by atoms with Crippen LogP contribution in [0.5, 0.6) is 0 Å². The van der Waals surface area contributed by atoms with Crippen molar-refractivity contribution >= 4 is 17.6 Å². The molecule has 2 rings (SSSR count). The van der Waals surface area contributed by atoms with E-state index in [4.69, 9.17) is 11.6 Å². The summed E-state index contributed by atoms with van der Waals surface area (Å²) in [6.07, 6.45) is 0.348. The van der Waals surface area contributed by atoms with E-state index in [-0.39, 0.29) is 24.7 Å². The van der Waals surface area contributed by atoms with Crippen molar-refractivity contribution in [3.63, 3.8) is 0 Å². The highest BCUT2D eigenvalue weighted by molar-refractivity contribution is 6.30. The smallest absolute Gasteiger partial charge is 0.315 e. The van der Waals surface area contributed by atoms with Crippen LogP contribution in [0.25, 0.3) is 0 Å². The van der Waals surface area contributed by atoms with E-state index in [1.54, 1.807) is 6.92 Å². The third-order valence-electron chi connectivity index (χ3n) is 3.73. The van der Waals surface area contributed by atoms with E-state index < -0.39 is 6.10 Å². The lowest BCUT2D eigenvalue weighted by Gasteiger charge is -2.26. The number of nitrogens with one attached hydrogen (secondary N) is 2. The molecule has 6 heteroatoms. The molecule has 0 spiro atoms. The van der Waals surface area contributed by atoms with Gasteiger partial charge in [0.2, 0.25) is 0 Å². The van der Waals surface area contributed by atoms with Crippen molar-refractivity contribution in [1.82, 2.24) is 15.5 Å². The fourth-order valence-corrected chi connectivity index (χ4v) is 2.83. The minimum Gasteiger partial charge on any atom is -0.392 e. The van der Waals surface area contributed by atoms with Gasteiger partial charge >= 0.3 is 6.03 Å². The van der Waals surface area contributed by atoms with Gasteiger partial charge in [-0.15, -0.1) is 0 Å². The van der Waals surface area contributed by atoms with Crippen LogP contribution in [0.15, 0.2) is 24.3 Å². The average molecular weight is 312 g/mol. The van der Waals surface area contributed by atoms with E-state index in [1.165, 1.54) is 0 Å². The van der Waals surface area contributed by atoms with Gasteiger partial charge in [-0.3, -0.25) is 4.90 Å². The Morgan fingerprint density at radius 2 is 2.14 bits per heavy atom. The summed E-state index contributed by atoms with van der Waals surface area (Å²) < 4.78 is 0. The molecular weight excluding hydrogens is 290 g/mol. The number of aliphatic hydroxyl groups excluding tert-OH is 1. The standard InChI is InChI=1S/C15H22ClN3O2/c1-10(20)9-17-15(21)18-13-7-8-19(2)14(13)11-3-5-12(16)6-4-11/h3-6,10,13-14,20H,7-9H2,1-2H3,(H2,17,18,21)/t10-,13-,14-/m1/s1. The first kappa shape index (κ1) is 16.1. The van der Waals surface area contributed by atoms with Gasteiger partial charge in [-0.05, 0) is 38.1 Å². The van der Waals surface area contributed by atoms with Crippen molar-refractivity contribution < 1.29 is 9.90 Å². The number of carbonyl (C=O) groups is 1. The molecule has 1 aliphatic heterocycles. The summed E-state index contributed by atoms with van der Waals surface area (Å²) in [5.41, 5.74) is 1.14. The van der Waals surface area contributed by atoms with E-state index in [0.717, 1.165) is 18.5 Å². The maximum absolute atomic E-state index is 11.9. The zero-order valence-electron chi connectivity index (χ0n) is 12.3. The third-order valence-corrected chi connectivity index (χ3v) is 3.99. The quantitative estimate of drug-likeness (QED) is 0.794. The van der Waals surface area contributed by atoms with Crippen LogP contribution < -0.4 is 10.6 Å². The largest absolute Gasteiger partial charge is 0.392 e. The van der Waals surface area contributed by atoms with Crippen molar-refractivity contribution in [2.75, 3.05) is 20.1 Å². The topological polar surface area (TPSA) is 64.6 Å². The predicted octanol–water partition coefficient (Wildman–Crippen LogP) is 1.77. The molecule has 1 aromatic carbocycles. The molecule has 0 aromatic heterocycles. The first-order valence-corrected chi connectivity index (χ1v) is 7.53. The fourth-order valence-electron chi connectivity index (χ4n) is 2.70. The molecule has 3 N–H and O–H groups in total. The number of hydrogen-bond donors (Lipinski definition) is 3. The Bertz CT molecular complexity index is 478. The molecule has 1 aromatic rings. The molecule has 3 atom stereocenters. The lowest BCUT2D eigenvalue weighted by atomic mass is 10.0. The highest BCUT2D eigenvalue weighted by Crippen LogP contribution is 2.31. The van der Waals surface area contributed by atoms with Gasteiger partial charge in [0, 0.05) is 18.1 Å². The van der Waals surface area contributed by atoms with Crippen molar-refractivity contribution in [3.8, 4) is 0 Å². The summed E-state index contributed by atoms with van der Waals surface area (Å²) >= 11 is 5.93. The number of amides is 2. The summed E-state index contributed by atoms with van der Waals surface area (Å²) in [5, 5.41) is 15.6. The predicted molar refractivity (Wildman–Crippen MR) is 83.4 cm³/mol. The maximum atomic E-state index is 11.9. The van der Waals surface area contributed by atoms with Gasteiger partial charge in [-0.1, -0.05) is 23.7 Å². The molecule has 5 nitrogen and oxygen atoms in total. The minimum atomic E-state index is -0.547. The molecule has 0 saturated carbocycles. The zero-order valence-corrected chi connectivity index (χ0v) is 13.1. The molecule has 2 amide bonds. The van der Waals surface area contributed by atoms with E-state index >= 15 is 0 Å². The monoisotopic (exact) mass is 311 g/mol. The Kier molecular flexibility index (Phi) is 5.45. The minimum absolute atomic E-state index is 0.0465. The summed E-state index contributed by atoms with van der Waals surface area (Å²) in [6, 6.07) is 7.68. The molecular formula is C15H22ClN3O2. The van der Waals surface area contributed by atoms with Gasteiger partial charge in [0.15, 0.2) is 0 Å². The van der Waals surface area contributed by atoms with Crippen LogP contribution in [-0.2, 0) is 0 Å². The van der Waals surface area contributed by atoms with Crippen LogP contribution >= 0.6 is 11.6 Å². The second-order valence-electron chi connectivity index (χ2n) is 5.58. The molecule has 1 heterocycles. The summed E-state index contributed by atoms with van der Waals surface area (Å²) in [5.74, 6) is 0. The summed E-state index contributed by atoms with van der Waals surface area (Å²) in [7, 11) is 2.05. The van der Waals surface area contributed by atoms with Gasteiger partial charge in [-0.2, -0.15) is 0 Å². The van der Waals surface area contributed by atoms with Crippen LogP contribution in [0.3, 0.4) is 0 Å². The van der Waals surface area contributed by atoms with E-state index in [1.807, 2.05) is 24.3 Å². The van der Waals surface area contributed by atoms with Gasteiger partial charge in [-0.25, -0.2) is 4.79 Å². The lowest BCUT2D eigenvalue weighted by Crippen LogP contribution is -2.46. The Labute approximate surface area is 130 Å².